The van der Waals surface area contributed by atoms with Gasteiger partial charge in [-0.25, -0.2) is 4.79 Å². The van der Waals surface area contributed by atoms with E-state index in [1.165, 1.54) is 0 Å². The number of ether oxygens (including phenoxy) is 2. The van der Waals surface area contributed by atoms with Crippen molar-refractivity contribution in [3.05, 3.63) is 23.3 Å². The molecule has 0 bridgehead atoms. The number of benzene rings is 1. The molecule has 1 rings (SSSR count). The van der Waals surface area contributed by atoms with Crippen LogP contribution in [0.1, 0.15) is 11.1 Å². The van der Waals surface area contributed by atoms with Crippen molar-refractivity contribution < 1.29 is 19.4 Å². The van der Waals surface area contributed by atoms with Gasteiger partial charge in [-0.05, 0) is 37.1 Å². The van der Waals surface area contributed by atoms with Gasteiger partial charge in [0.1, 0.15) is 11.5 Å². The highest BCUT2D eigenvalue weighted by Crippen LogP contribution is 2.27. The summed E-state index contributed by atoms with van der Waals surface area (Å²) in [7, 11) is 1.60. The molecule has 1 aromatic carbocycles. The fourth-order valence-corrected chi connectivity index (χ4v) is 1.46. The summed E-state index contributed by atoms with van der Waals surface area (Å²) < 4.78 is 10.3. The number of rotatable bonds is 4. The lowest BCUT2D eigenvalue weighted by molar-refractivity contribution is -0.139. The summed E-state index contributed by atoms with van der Waals surface area (Å²) >= 11 is 0. The molecule has 0 saturated carbocycles. The fraction of sp³-hybridized carbons (Fsp3) is 0.364. The number of aryl methyl sites for hydroxylation is 2. The highest BCUT2D eigenvalue weighted by Gasteiger charge is 2.06. The molecule has 0 aliphatic carbocycles. The average Bonchev–Trinajstić information content (AvgIpc) is 2.14. The highest BCUT2D eigenvalue weighted by molar-refractivity contribution is 5.68. The first kappa shape index (κ1) is 11.4. The van der Waals surface area contributed by atoms with Gasteiger partial charge in [-0.2, -0.15) is 0 Å². The lowest BCUT2D eigenvalue weighted by Gasteiger charge is -2.11. The van der Waals surface area contributed by atoms with Gasteiger partial charge < -0.3 is 14.6 Å². The van der Waals surface area contributed by atoms with Crippen LogP contribution in [0.25, 0.3) is 0 Å². The van der Waals surface area contributed by atoms with Crippen LogP contribution in [0.3, 0.4) is 0 Å². The zero-order valence-electron chi connectivity index (χ0n) is 9.03. The topological polar surface area (TPSA) is 55.8 Å². The number of hydrogen-bond donors (Lipinski definition) is 1. The molecule has 0 fully saturated rings. The molecule has 4 nitrogen and oxygen atoms in total. The van der Waals surface area contributed by atoms with E-state index in [0.29, 0.717) is 5.75 Å². The largest absolute Gasteiger partial charge is 0.496 e. The second-order valence-electron chi connectivity index (χ2n) is 3.27. The number of carboxylic acids is 1. The van der Waals surface area contributed by atoms with E-state index in [1.54, 1.807) is 19.2 Å². The third-order valence-corrected chi connectivity index (χ3v) is 2.00. The van der Waals surface area contributed by atoms with Crippen LogP contribution in [-0.2, 0) is 4.79 Å². The van der Waals surface area contributed by atoms with Crippen molar-refractivity contribution in [3.63, 3.8) is 0 Å². The molecular formula is C11H14O4. The van der Waals surface area contributed by atoms with E-state index in [9.17, 15) is 4.79 Å². The van der Waals surface area contributed by atoms with Crippen LogP contribution >= 0.6 is 0 Å². The van der Waals surface area contributed by atoms with Crippen molar-refractivity contribution in [1.82, 2.24) is 0 Å². The monoisotopic (exact) mass is 210 g/mol. The molecule has 0 saturated heterocycles. The summed E-state index contributed by atoms with van der Waals surface area (Å²) in [5, 5.41) is 8.46. The predicted molar refractivity (Wildman–Crippen MR) is 55.6 cm³/mol. The summed E-state index contributed by atoms with van der Waals surface area (Å²) in [6.07, 6.45) is 0. The van der Waals surface area contributed by atoms with Crippen molar-refractivity contribution in [2.75, 3.05) is 13.7 Å². The molecule has 0 aliphatic rings. The van der Waals surface area contributed by atoms with E-state index >= 15 is 0 Å². The zero-order valence-corrected chi connectivity index (χ0v) is 9.03. The van der Waals surface area contributed by atoms with Gasteiger partial charge in [0.05, 0.1) is 7.11 Å². The van der Waals surface area contributed by atoms with Crippen molar-refractivity contribution in [2.24, 2.45) is 0 Å². The summed E-state index contributed by atoms with van der Waals surface area (Å²) in [5.74, 6) is 0.368. The predicted octanol–water partition coefficient (Wildman–Crippen LogP) is 1.78. The lowest BCUT2D eigenvalue weighted by Crippen LogP contribution is -2.09. The Balaban J connectivity index is 2.88. The molecule has 0 unspecified atom stereocenters. The maximum absolute atomic E-state index is 10.3. The van der Waals surface area contributed by atoms with Gasteiger partial charge >= 0.3 is 5.97 Å². The van der Waals surface area contributed by atoms with E-state index < -0.39 is 5.97 Å². The summed E-state index contributed by atoms with van der Waals surface area (Å²) in [6.45, 7) is 3.45. The van der Waals surface area contributed by atoms with Gasteiger partial charge in [-0.15, -0.1) is 0 Å². The van der Waals surface area contributed by atoms with Gasteiger partial charge in [0.15, 0.2) is 6.61 Å². The smallest absolute Gasteiger partial charge is 0.341 e. The van der Waals surface area contributed by atoms with Crippen molar-refractivity contribution in [1.29, 1.82) is 0 Å². The molecule has 0 heterocycles. The van der Waals surface area contributed by atoms with E-state index in [2.05, 4.69) is 0 Å². The second kappa shape index (κ2) is 4.68. The van der Waals surface area contributed by atoms with Crippen LogP contribution in [0.5, 0.6) is 11.5 Å². The molecule has 15 heavy (non-hydrogen) atoms. The second-order valence-corrected chi connectivity index (χ2v) is 3.27. The summed E-state index contributed by atoms with van der Waals surface area (Å²) in [4.78, 5) is 10.3. The Morgan fingerprint density at radius 1 is 1.33 bits per heavy atom. The molecule has 0 amide bonds. The van der Waals surface area contributed by atoms with Crippen LogP contribution < -0.4 is 9.47 Å². The molecule has 0 aromatic heterocycles. The molecule has 1 aromatic rings. The molecular weight excluding hydrogens is 196 g/mol. The third kappa shape index (κ3) is 2.87. The minimum absolute atomic E-state index is 0.328. The van der Waals surface area contributed by atoms with Crippen LogP contribution in [-0.4, -0.2) is 24.8 Å². The third-order valence-electron chi connectivity index (χ3n) is 2.00. The van der Waals surface area contributed by atoms with Crippen molar-refractivity contribution in [3.8, 4) is 11.5 Å². The van der Waals surface area contributed by atoms with E-state index in [4.69, 9.17) is 14.6 Å². The van der Waals surface area contributed by atoms with Gasteiger partial charge in [-0.1, -0.05) is 0 Å². The Morgan fingerprint density at radius 3 is 2.27 bits per heavy atom. The number of carbonyl (C=O) groups is 1. The maximum Gasteiger partial charge on any atom is 0.341 e. The Labute approximate surface area is 88.4 Å². The first-order chi connectivity index (χ1) is 7.04. The number of hydrogen-bond acceptors (Lipinski definition) is 3. The van der Waals surface area contributed by atoms with E-state index in [1.807, 2.05) is 13.8 Å². The minimum atomic E-state index is -0.985. The lowest BCUT2D eigenvalue weighted by atomic mass is 10.1. The highest BCUT2D eigenvalue weighted by atomic mass is 16.5. The van der Waals surface area contributed by atoms with Crippen LogP contribution in [0.4, 0.5) is 0 Å². The Bertz CT molecular complexity index is 348. The Kier molecular flexibility index (Phi) is 3.55. The SMILES string of the molecule is COc1c(C)cc(OCC(=O)O)cc1C. The van der Waals surface area contributed by atoms with Crippen molar-refractivity contribution >= 4 is 5.97 Å². The molecule has 0 atom stereocenters. The maximum atomic E-state index is 10.3. The number of methoxy groups -OCH3 is 1. The first-order valence-electron chi connectivity index (χ1n) is 4.54. The normalized spacial score (nSPS) is 9.80. The molecule has 1 N–H and O–H groups in total. The minimum Gasteiger partial charge on any atom is -0.496 e. The van der Waals surface area contributed by atoms with E-state index in [0.717, 1.165) is 16.9 Å². The molecule has 0 spiro atoms. The van der Waals surface area contributed by atoms with Crippen LogP contribution in [0, 0.1) is 13.8 Å². The van der Waals surface area contributed by atoms with E-state index in [-0.39, 0.29) is 6.61 Å². The summed E-state index contributed by atoms with van der Waals surface area (Å²) in [6, 6.07) is 3.52. The number of carboxylic acid groups (broad SMARTS) is 1. The Morgan fingerprint density at radius 2 is 1.87 bits per heavy atom. The first-order valence-corrected chi connectivity index (χ1v) is 4.54. The quantitative estimate of drug-likeness (QED) is 0.822. The average molecular weight is 210 g/mol. The molecule has 4 heteroatoms. The summed E-state index contributed by atoms with van der Waals surface area (Å²) in [5.41, 5.74) is 1.86. The Hall–Kier alpha value is -1.71. The van der Waals surface area contributed by atoms with Crippen LogP contribution in [0.15, 0.2) is 12.1 Å². The van der Waals surface area contributed by atoms with Crippen molar-refractivity contribution in [2.45, 2.75) is 13.8 Å². The van der Waals surface area contributed by atoms with Gasteiger partial charge in [-0.3, -0.25) is 0 Å². The fourth-order valence-electron chi connectivity index (χ4n) is 1.46. The zero-order chi connectivity index (χ0) is 11.4. The standard InChI is InChI=1S/C11H14O4/c1-7-4-9(15-6-10(12)13)5-8(2)11(7)14-3/h4-5H,6H2,1-3H3,(H,12,13). The molecule has 0 aliphatic heterocycles. The molecule has 0 radical (unpaired) electrons. The van der Waals surface area contributed by atoms with Gasteiger partial charge in [0.25, 0.3) is 0 Å². The number of aliphatic carboxylic acids is 1. The van der Waals surface area contributed by atoms with Gasteiger partial charge in [0.2, 0.25) is 0 Å². The van der Waals surface area contributed by atoms with Crippen LogP contribution in [0.2, 0.25) is 0 Å². The van der Waals surface area contributed by atoms with Gasteiger partial charge in [0, 0.05) is 0 Å². The molecule has 82 valence electrons.